The smallest absolute Gasteiger partial charge is 0.306 e. The lowest BCUT2D eigenvalue weighted by molar-refractivity contribution is -0.141. The van der Waals surface area contributed by atoms with Gasteiger partial charge in [0.1, 0.15) is 6.04 Å². The molecule has 2 unspecified atom stereocenters. The molecule has 0 saturated carbocycles. The SMILES string of the molecule is CC(Cc1ccc(NC(=O)C(C)NC(=O)C(C)(C)C)cc1)C(=O)O. The number of hydrogen-bond acceptors (Lipinski definition) is 3. The largest absolute Gasteiger partial charge is 0.481 e. The molecule has 3 N–H and O–H groups in total. The molecule has 2 amide bonds. The van der Waals surface area contributed by atoms with Gasteiger partial charge in [-0.3, -0.25) is 14.4 Å². The Balaban J connectivity index is 2.61. The number of aliphatic carboxylic acids is 1. The molecular formula is C18H26N2O4. The molecule has 0 spiro atoms. The van der Waals surface area contributed by atoms with Crippen LogP contribution < -0.4 is 10.6 Å². The van der Waals surface area contributed by atoms with Crippen LogP contribution in [0.2, 0.25) is 0 Å². The Hall–Kier alpha value is -2.37. The molecule has 1 aromatic carbocycles. The summed E-state index contributed by atoms with van der Waals surface area (Å²) in [6, 6.07) is 6.37. The highest BCUT2D eigenvalue weighted by Crippen LogP contribution is 2.15. The molecule has 0 aliphatic rings. The van der Waals surface area contributed by atoms with E-state index < -0.39 is 23.3 Å². The number of anilines is 1. The van der Waals surface area contributed by atoms with Crippen molar-refractivity contribution in [3.63, 3.8) is 0 Å². The Morgan fingerprint density at radius 1 is 1.08 bits per heavy atom. The fourth-order valence-electron chi connectivity index (χ4n) is 1.89. The normalized spacial score (nSPS) is 13.7. The van der Waals surface area contributed by atoms with E-state index in [0.717, 1.165) is 5.56 Å². The van der Waals surface area contributed by atoms with E-state index >= 15 is 0 Å². The molecule has 24 heavy (non-hydrogen) atoms. The molecule has 0 aliphatic heterocycles. The van der Waals surface area contributed by atoms with Crippen molar-refractivity contribution < 1.29 is 19.5 Å². The van der Waals surface area contributed by atoms with Crippen molar-refractivity contribution in [2.45, 2.75) is 47.1 Å². The molecule has 1 rings (SSSR count). The van der Waals surface area contributed by atoms with E-state index in [0.29, 0.717) is 12.1 Å². The Kier molecular flexibility index (Phi) is 6.51. The first-order chi connectivity index (χ1) is 11.0. The monoisotopic (exact) mass is 334 g/mol. The topological polar surface area (TPSA) is 95.5 Å². The molecule has 0 bridgehead atoms. The average Bonchev–Trinajstić information content (AvgIpc) is 2.47. The summed E-state index contributed by atoms with van der Waals surface area (Å²) in [4.78, 5) is 34.9. The first kappa shape index (κ1) is 19.7. The fourth-order valence-corrected chi connectivity index (χ4v) is 1.89. The van der Waals surface area contributed by atoms with Crippen LogP contribution in [-0.2, 0) is 20.8 Å². The van der Waals surface area contributed by atoms with Gasteiger partial charge in [0.2, 0.25) is 11.8 Å². The van der Waals surface area contributed by atoms with Crippen LogP contribution in [0.1, 0.15) is 40.2 Å². The van der Waals surface area contributed by atoms with Crippen LogP contribution in [0.15, 0.2) is 24.3 Å². The van der Waals surface area contributed by atoms with Gasteiger partial charge in [-0.15, -0.1) is 0 Å². The quantitative estimate of drug-likeness (QED) is 0.744. The van der Waals surface area contributed by atoms with Crippen LogP contribution >= 0.6 is 0 Å². The number of amides is 2. The molecule has 6 nitrogen and oxygen atoms in total. The van der Waals surface area contributed by atoms with Gasteiger partial charge in [0.15, 0.2) is 0 Å². The van der Waals surface area contributed by atoms with E-state index in [-0.39, 0.29) is 11.8 Å². The van der Waals surface area contributed by atoms with E-state index in [2.05, 4.69) is 10.6 Å². The van der Waals surface area contributed by atoms with Crippen molar-refractivity contribution in [1.82, 2.24) is 5.32 Å². The van der Waals surface area contributed by atoms with Crippen molar-refractivity contribution in [3.05, 3.63) is 29.8 Å². The minimum atomic E-state index is -0.837. The van der Waals surface area contributed by atoms with E-state index in [1.165, 1.54) is 0 Å². The number of carboxylic acids is 1. The first-order valence-electron chi connectivity index (χ1n) is 7.94. The molecule has 6 heteroatoms. The van der Waals surface area contributed by atoms with E-state index in [9.17, 15) is 14.4 Å². The molecule has 2 atom stereocenters. The maximum absolute atomic E-state index is 12.1. The fraction of sp³-hybridized carbons (Fsp3) is 0.500. The maximum Gasteiger partial charge on any atom is 0.306 e. The molecule has 132 valence electrons. The zero-order valence-electron chi connectivity index (χ0n) is 14.8. The van der Waals surface area contributed by atoms with Crippen molar-refractivity contribution in [2.75, 3.05) is 5.32 Å². The van der Waals surface area contributed by atoms with Gasteiger partial charge in [0, 0.05) is 11.1 Å². The Labute approximate surface area is 142 Å². The van der Waals surface area contributed by atoms with Crippen molar-refractivity contribution in [2.24, 2.45) is 11.3 Å². The number of hydrogen-bond donors (Lipinski definition) is 3. The molecule has 0 fully saturated rings. The van der Waals surface area contributed by atoms with E-state index in [1.807, 2.05) is 0 Å². The highest BCUT2D eigenvalue weighted by Gasteiger charge is 2.25. The van der Waals surface area contributed by atoms with Crippen LogP contribution in [0.4, 0.5) is 5.69 Å². The summed E-state index contributed by atoms with van der Waals surface area (Å²) >= 11 is 0. The third-order valence-corrected chi connectivity index (χ3v) is 3.61. The average molecular weight is 334 g/mol. The minimum absolute atomic E-state index is 0.192. The summed E-state index contributed by atoms with van der Waals surface area (Å²) < 4.78 is 0. The number of carbonyl (C=O) groups is 3. The summed E-state index contributed by atoms with van der Waals surface area (Å²) in [7, 11) is 0. The van der Waals surface area contributed by atoms with Gasteiger partial charge >= 0.3 is 5.97 Å². The zero-order chi connectivity index (χ0) is 18.5. The van der Waals surface area contributed by atoms with Crippen molar-refractivity contribution in [3.8, 4) is 0 Å². The molecule has 0 aliphatic carbocycles. The van der Waals surface area contributed by atoms with Crippen LogP contribution in [-0.4, -0.2) is 28.9 Å². The highest BCUT2D eigenvalue weighted by molar-refractivity contribution is 5.97. The lowest BCUT2D eigenvalue weighted by atomic mass is 9.95. The molecule has 0 heterocycles. The molecule has 0 aromatic heterocycles. The van der Waals surface area contributed by atoms with Crippen LogP contribution in [0.25, 0.3) is 0 Å². The number of nitrogens with one attached hydrogen (secondary N) is 2. The van der Waals surface area contributed by atoms with E-state index in [1.54, 1.807) is 58.9 Å². The molecule has 0 radical (unpaired) electrons. The summed E-state index contributed by atoms with van der Waals surface area (Å²) in [5, 5.41) is 14.3. The third kappa shape index (κ3) is 6.02. The van der Waals surface area contributed by atoms with Gasteiger partial charge in [0.25, 0.3) is 0 Å². The molecule has 1 aromatic rings. The van der Waals surface area contributed by atoms with Gasteiger partial charge in [-0.25, -0.2) is 0 Å². The maximum atomic E-state index is 12.1. The predicted molar refractivity (Wildman–Crippen MR) is 92.6 cm³/mol. The first-order valence-corrected chi connectivity index (χ1v) is 7.94. The highest BCUT2D eigenvalue weighted by atomic mass is 16.4. The number of rotatable bonds is 6. The minimum Gasteiger partial charge on any atom is -0.481 e. The predicted octanol–water partition coefficient (Wildman–Crippen LogP) is 2.44. The van der Waals surface area contributed by atoms with Crippen LogP contribution in [0, 0.1) is 11.3 Å². The third-order valence-electron chi connectivity index (χ3n) is 3.61. The summed E-state index contributed by atoms with van der Waals surface area (Å²) in [5.74, 6) is -1.80. The zero-order valence-corrected chi connectivity index (χ0v) is 14.8. The summed E-state index contributed by atoms with van der Waals surface area (Å²) in [5.41, 5.74) is 0.928. The summed E-state index contributed by atoms with van der Waals surface area (Å²) in [6.07, 6.45) is 0.432. The Morgan fingerprint density at radius 2 is 1.62 bits per heavy atom. The van der Waals surface area contributed by atoms with Gasteiger partial charge in [-0.05, 0) is 31.0 Å². The Bertz CT molecular complexity index is 602. The van der Waals surface area contributed by atoms with Crippen molar-refractivity contribution >= 4 is 23.5 Å². The summed E-state index contributed by atoms with van der Waals surface area (Å²) in [6.45, 7) is 8.62. The van der Waals surface area contributed by atoms with Gasteiger partial charge in [0.05, 0.1) is 5.92 Å². The van der Waals surface area contributed by atoms with Crippen LogP contribution in [0.5, 0.6) is 0 Å². The lowest BCUT2D eigenvalue weighted by Crippen LogP contribution is -2.46. The molecular weight excluding hydrogens is 308 g/mol. The second-order valence-electron chi connectivity index (χ2n) is 7.07. The van der Waals surface area contributed by atoms with Gasteiger partial charge in [-0.2, -0.15) is 0 Å². The van der Waals surface area contributed by atoms with Crippen molar-refractivity contribution in [1.29, 1.82) is 0 Å². The standard InChI is InChI=1S/C18H26N2O4/c1-11(16(22)23)10-13-6-8-14(9-7-13)20-15(21)12(2)19-17(24)18(3,4)5/h6-9,11-12H,10H2,1-5H3,(H,19,24)(H,20,21)(H,22,23). The molecule has 0 saturated heterocycles. The van der Waals surface area contributed by atoms with Crippen LogP contribution in [0.3, 0.4) is 0 Å². The number of carbonyl (C=O) groups excluding carboxylic acids is 2. The second kappa shape index (κ2) is 7.95. The number of carboxylic acid groups (broad SMARTS) is 1. The second-order valence-corrected chi connectivity index (χ2v) is 7.07. The Morgan fingerprint density at radius 3 is 2.08 bits per heavy atom. The number of benzene rings is 1. The lowest BCUT2D eigenvalue weighted by Gasteiger charge is -2.21. The van der Waals surface area contributed by atoms with E-state index in [4.69, 9.17) is 5.11 Å². The van der Waals surface area contributed by atoms with Gasteiger partial charge < -0.3 is 15.7 Å². The van der Waals surface area contributed by atoms with Gasteiger partial charge in [-0.1, -0.05) is 39.8 Å².